The molecule has 1 atom stereocenters. The van der Waals surface area contributed by atoms with Crippen LogP contribution in [0.15, 0.2) is 54.6 Å². The number of amides is 5. The molecule has 7 aliphatic rings. The van der Waals surface area contributed by atoms with E-state index in [1.54, 1.807) is 30.3 Å². The Morgan fingerprint density at radius 1 is 0.758 bits per heavy atom. The highest BCUT2D eigenvalue weighted by Crippen LogP contribution is 2.59. The van der Waals surface area contributed by atoms with Gasteiger partial charge < -0.3 is 19.4 Å². The molecule has 3 saturated heterocycles. The summed E-state index contributed by atoms with van der Waals surface area (Å²) < 4.78 is 6.52. The Kier molecular flexibility index (Phi) is 9.54. The van der Waals surface area contributed by atoms with Crippen molar-refractivity contribution in [2.45, 2.75) is 97.0 Å². The third kappa shape index (κ3) is 6.38. The predicted molar refractivity (Wildman–Crippen MR) is 232 cm³/mol. The largest absolute Gasteiger partial charge is 0.489 e. The highest BCUT2D eigenvalue weighted by atomic mass is 35.5. The van der Waals surface area contributed by atoms with Crippen LogP contribution in [0, 0.1) is 27.6 Å². The minimum atomic E-state index is -0.967. The van der Waals surface area contributed by atoms with Crippen molar-refractivity contribution in [1.82, 2.24) is 20.0 Å². The molecule has 2 saturated carbocycles. The van der Waals surface area contributed by atoms with Crippen LogP contribution in [0.1, 0.15) is 108 Å². The average Bonchev–Trinajstić information content (AvgIpc) is 3.68. The fourth-order valence-corrected chi connectivity index (χ4v) is 12.8. The topological polar surface area (TPSA) is 147 Å². The zero-order valence-corrected chi connectivity index (χ0v) is 36.5. The SMILES string of the molecule is CC1(C)[C@H](Oc2ccc(C#N)c(Cl)c2)C(C)(C)[C@H]1N1Cc2cc(N3CCN(C4CCC5(CC4)CN(c4ccc6c(c4)C(=O)N(C4CCC(=O)NC4=O)C6=O)C5)CC3)ccc2C1=O. The summed E-state index contributed by atoms with van der Waals surface area (Å²) in [6, 6.07) is 18.6. The predicted octanol–water partition coefficient (Wildman–Crippen LogP) is 6.02. The van der Waals surface area contributed by atoms with Gasteiger partial charge in [0.1, 0.15) is 24.0 Å². The smallest absolute Gasteiger partial charge is 0.262 e. The van der Waals surface area contributed by atoms with Gasteiger partial charge in [0.15, 0.2) is 0 Å². The van der Waals surface area contributed by atoms with E-state index in [0.29, 0.717) is 40.0 Å². The maximum Gasteiger partial charge on any atom is 0.262 e. The van der Waals surface area contributed by atoms with Crippen LogP contribution in [-0.2, 0) is 16.1 Å². The summed E-state index contributed by atoms with van der Waals surface area (Å²) in [5, 5.41) is 11.9. The Hall–Kier alpha value is -5.45. The molecule has 3 aromatic carbocycles. The monoisotopic (exact) mass is 857 g/mol. The van der Waals surface area contributed by atoms with Gasteiger partial charge in [-0.05, 0) is 86.2 Å². The van der Waals surface area contributed by atoms with Crippen LogP contribution in [0.2, 0.25) is 5.02 Å². The molecule has 322 valence electrons. The molecule has 13 nitrogen and oxygen atoms in total. The number of nitrogens with zero attached hydrogens (tertiary/aromatic N) is 6. The number of fused-ring (bicyclic) bond motifs is 2. The molecule has 5 fully saturated rings. The standard InChI is InChI=1S/C48H52ClN7O6/c1-46(2)44(47(3,4)45(46)62-33-8-5-28(24-50)37(49)23-33)55-25-29-21-31(6-9-34(29)41(55)59)53-19-17-52(18-20-53)30-13-15-48(16-14-30)26-54(27-48)32-7-10-35-36(22-32)43(61)56(42(35)60)38-11-12-39(57)51-40(38)58/h5-10,21-23,30,38,44-45H,11-20,25-27H2,1-4H3,(H,51,57,58)/t38?,44-,45-. The van der Waals surface area contributed by atoms with Gasteiger partial charge in [0.2, 0.25) is 11.8 Å². The van der Waals surface area contributed by atoms with E-state index in [9.17, 15) is 29.2 Å². The number of hydrogen-bond donors (Lipinski definition) is 1. The minimum Gasteiger partial charge on any atom is -0.489 e. The molecule has 3 aromatic rings. The highest BCUT2D eigenvalue weighted by Gasteiger charge is 2.67. The number of ether oxygens (including phenoxy) is 1. The average molecular weight is 858 g/mol. The number of imide groups is 2. The molecule has 10 rings (SSSR count). The number of carbonyl (C=O) groups excluding carboxylic acids is 5. The summed E-state index contributed by atoms with van der Waals surface area (Å²) in [6.45, 7) is 14.9. The van der Waals surface area contributed by atoms with Gasteiger partial charge in [-0.2, -0.15) is 5.26 Å². The van der Waals surface area contributed by atoms with Gasteiger partial charge in [0.25, 0.3) is 17.7 Å². The van der Waals surface area contributed by atoms with Crippen molar-refractivity contribution in [1.29, 1.82) is 5.26 Å². The van der Waals surface area contributed by atoms with Crippen LogP contribution < -0.4 is 19.9 Å². The lowest BCUT2D eigenvalue weighted by atomic mass is 9.49. The van der Waals surface area contributed by atoms with Gasteiger partial charge in [-0.25, -0.2) is 0 Å². The summed E-state index contributed by atoms with van der Waals surface area (Å²) in [4.78, 5) is 75.2. The Morgan fingerprint density at radius 2 is 1.42 bits per heavy atom. The molecule has 1 spiro atoms. The number of piperidine rings is 1. The normalized spacial score (nSPS) is 26.5. The summed E-state index contributed by atoms with van der Waals surface area (Å²) in [6.07, 6.45) is 4.70. The Labute approximate surface area is 366 Å². The van der Waals surface area contributed by atoms with Crippen LogP contribution in [0.5, 0.6) is 5.75 Å². The Morgan fingerprint density at radius 3 is 2.08 bits per heavy atom. The van der Waals surface area contributed by atoms with E-state index in [1.807, 2.05) is 17.0 Å². The van der Waals surface area contributed by atoms with Crippen LogP contribution >= 0.6 is 11.6 Å². The lowest BCUT2D eigenvalue weighted by Gasteiger charge is -2.65. The second-order valence-corrected chi connectivity index (χ2v) is 20.3. The van der Waals surface area contributed by atoms with Gasteiger partial charge in [-0.1, -0.05) is 39.3 Å². The molecule has 5 amide bonds. The molecule has 5 aliphatic heterocycles. The fourth-order valence-electron chi connectivity index (χ4n) is 12.6. The van der Waals surface area contributed by atoms with E-state index in [4.69, 9.17) is 16.3 Å². The van der Waals surface area contributed by atoms with Crippen molar-refractivity contribution in [3.8, 4) is 11.8 Å². The van der Waals surface area contributed by atoms with Gasteiger partial charge >= 0.3 is 0 Å². The minimum absolute atomic E-state index is 0.0324. The Bertz CT molecular complexity index is 2460. The van der Waals surface area contributed by atoms with Crippen molar-refractivity contribution in [2.75, 3.05) is 49.1 Å². The summed E-state index contributed by atoms with van der Waals surface area (Å²) in [5.41, 5.74) is 4.59. The summed E-state index contributed by atoms with van der Waals surface area (Å²) >= 11 is 6.32. The Balaban J connectivity index is 0.714. The molecule has 5 heterocycles. The molecule has 1 N–H and O–H groups in total. The zero-order chi connectivity index (χ0) is 43.5. The first-order valence-electron chi connectivity index (χ1n) is 22.0. The third-order valence-corrected chi connectivity index (χ3v) is 15.7. The molecule has 0 bridgehead atoms. The third-order valence-electron chi connectivity index (χ3n) is 15.4. The molecular weight excluding hydrogens is 806 g/mol. The van der Waals surface area contributed by atoms with Crippen molar-refractivity contribution < 1.29 is 28.7 Å². The summed E-state index contributed by atoms with van der Waals surface area (Å²) in [5.74, 6) is -1.24. The van der Waals surface area contributed by atoms with Gasteiger partial charge in [-0.3, -0.25) is 39.1 Å². The van der Waals surface area contributed by atoms with Crippen molar-refractivity contribution in [3.05, 3.63) is 87.4 Å². The van der Waals surface area contributed by atoms with Gasteiger partial charge in [-0.15, -0.1) is 0 Å². The number of carbonyl (C=O) groups is 5. The van der Waals surface area contributed by atoms with E-state index >= 15 is 0 Å². The van der Waals surface area contributed by atoms with Crippen molar-refractivity contribution >= 4 is 52.5 Å². The fraction of sp³-hybridized carbons (Fsp3) is 0.500. The second kappa shape index (κ2) is 14.6. The van der Waals surface area contributed by atoms with Crippen molar-refractivity contribution in [2.24, 2.45) is 16.2 Å². The van der Waals surface area contributed by atoms with E-state index in [1.165, 1.54) is 5.69 Å². The molecule has 0 radical (unpaired) electrons. The lowest BCUT2D eigenvalue weighted by Crippen LogP contribution is -2.74. The lowest BCUT2D eigenvalue weighted by molar-refractivity contribution is -0.199. The van der Waals surface area contributed by atoms with E-state index in [-0.39, 0.29) is 53.0 Å². The van der Waals surface area contributed by atoms with Gasteiger partial charge in [0.05, 0.1) is 21.7 Å². The van der Waals surface area contributed by atoms with Crippen LogP contribution in [-0.4, -0.2) is 108 Å². The molecule has 14 heteroatoms. The summed E-state index contributed by atoms with van der Waals surface area (Å²) in [7, 11) is 0. The number of piperazine rings is 1. The van der Waals surface area contributed by atoms with Gasteiger partial charge in [0, 0.05) is 104 Å². The van der Waals surface area contributed by atoms with E-state index in [0.717, 1.165) is 86.7 Å². The number of nitriles is 1. The first-order chi connectivity index (χ1) is 29.6. The van der Waals surface area contributed by atoms with Crippen LogP contribution in [0.25, 0.3) is 0 Å². The van der Waals surface area contributed by atoms with Crippen LogP contribution in [0.4, 0.5) is 11.4 Å². The number of anilines is 2. The van der Waals surface area contributed by atoms with Crippen LogP contribution in [0.3, 0.4) is 0 Å². The second-order valence-electron chi connectivity index (χ2n) is 19.9. The molecule has 62 heavy (non-hydrogen) atoms. The maximum absolute atomic E-state index is 14.0. The first kappa shape index (κ1) is 40.6. The molecule has 0 aromatic heterocycles. The number of halogens is 1. The molecule has 1 unspecified atom stereocenters. The number of benzene rings is 3. The molecular formula is C48H52ClN7O6. The first-order valence-corrected chi connectivity index (χ1v) is 22.4. The quantitative estimate of drug-likeness (QED) is 0.280. The maximum atomic E-state index is 14.0. The van der Waals surface area contributed by atoms with E-state index in [2.05, 4.69) is 65.9 Å². The number of rotatable bonds is 7. The molecule has 2 aliphatic carbocycles. The highest BCUT2D eigenvalue weighted by molar-refractivity contribution is 6.31. The zero-order valence-electron chi connectivity index (χ0n) is 35.7. The van der Waals surface area contributed by atoms with Crippen molar-refractivity contribution in [3.63, 3.8) is 0 Å². The number of nitrogens with one attached hydrogen (secondary N) is 1. The number of hydrogen-bond acceptors (Lipinski definition) is 10. The van der Waals surface area contributed by atoms with E-state index < -0.39 is 23.8 Å².